The Morgan fingerprint density at radius 3 is 1.52 bits per heavy atom. The molecule has 5 heteroatoms. The normalized spacial score (nSPS) is 11.2. The lowest BCUT2D eigenvalue weighted by Crippen LogP contribution is -2.04. The molecule has 2 rings (SSSR count). The molecule has 0 spiro atoms. The van der Waals surface area contributed by atoms with Gasteiger partial charge in [0.15, 0.2) is 0 Å². The first-order valence-electron chi connectivity index (χ1n) is 6.78. The Balaban J connectivity index is 2.17. The van der Waals surface area contributed by atoms with Crippen LogP contribution in [0, 0.1) is 13.8 Å². The third-order valence-corrected chi connectivity index (χ3v) is 4.97. The minimum Gasteiger partial charge on any atom is -0.416 e. The molecule has 0 saturated carbocycles. The molecule has 2 aromatic rings. The Kier molecular flexibility index (Phi) is 5.40. The van der Waals surface area contributed by atoms with E-state index in [1.807, 2.05) is 69.3 Å². The van der Waals surface area contributed by atoms with Crippen LogP contribution in [0.4, 0.5) is 0 Å². The van der Waals surface area contributed by atoms with E-state index in [1.165, 1.54) is 0 Å². The third kappa shape index (κ3) is 4.85. The second-order valence-corrected chi connectivity index (χ2v) is 7.53. The van der Waals surface area contributed by atoms with Gasteiger partial charge in [-0.2, -0.15) is 0 Å². The average molecular weight is 322 g/mol. The Bertz CT molecular complexity index is 571. The van der Waals surface area contributed by atoms with Gasteiger partial charge in [-0.1, -0.05) is 35.4 Å². The molecule has 0 aliphatic carbocycles. The van der Waals surface area contributed by atoms with Gasteiger partial charge in [-0.15, -0.1) is 0 Å². The van der Waals surface area contributed by atoms with Crippen LogP contribution in [0.1, 0.15) is 18.1 Å². The highest BCUT2D eigenvalue weighted by Crippen LogP contribution is 2.49. The van der Waals surface area contributed by atoms with E-state index in [4.69, 9.17) is 25.4 Å². The summed E-state index contributed by atoms with van der Waals surface area (Å²) in [5.74, 6) is 1.31. The van der Waals surface area contributed by atoms with Crippen LogP contribution in [0.3, 0.4) is 0 Å². The zero-order valence-electron chi connectivity index (χ0n) is 12.4. The van der Waals surface area contributed by atoms with Crippen molar-refractivity contribution >= 4 is 18.5 Å². The van der Waals surface area contributed by atoms with Crippen LogP contribution in [-0.4, -0.2) is 6.61 Å². The number of hydrogen-bond donors (Lipinski definition) is 0. The number of aryl methyl sites for hydroxylation is 2. The maximum absolute atomic E-state index is 5.81. The summed E-state index contributed by atoms with van der Waals surface area (Å²) in [5.41, 5.74) is 2.32. The summed E-state index contributed by atoms with van der Waals surface area (Å²) < 4.78 is 17.2. The average Bonchev–Trinajstić information content (AvgIpc) is 2.44. The summed E-state index contributed by atoms with van der Waals surface area (Å²) in [4.78, 5) is 0. The van der Waals surface area contributed by atoms with Crippen LogP contribution < -0.4 is 9.05 Å². The minimum atomic E-state index is -2.86. The Labute approximate surface area is 131 Å². The monoisotopic (exact) mass is 322 g/mol. The molecular formula is C16H19O3PS. The van der Waals surface area contributed by atoms with Gasteiger partial charge in [0.2, 0.25) is 0 Å². The van der Waals surface area contributed by atoms with Gasteiger partial charge in [-0.3, -0.25) is 4.52 Å². The molecule has 0 unspecified atom stereocenters. The summed E-state index contributed by atoms with van der Waals surface area (Å²) in [6.45, 7) is 3.49. The lowest BCUT2D eigenvalue weighted by molar-refractivity contribution is 0.276. The van der Waals surface area contributed by atoms with Crippen LogP contribution in [-0.2, 0) is 16.3 Å². The van der Waals surface area contributed by atoms with Crippen molar-refractivity contribution < 1.29 is 13.6 Å². The highest BCUT2D eigenvalue weighted by molar-refractivity contribution is 8.07. The zero-order chi connectivity index (χ0) is 15.3. The topological polar surface area (TPSA) is 27.7 Å². The molecule has 0 N–H and O–H groups in total. The van der Waals surface area contributed by atoms with Gasteiger partial charge in [-0.05, 0) is 45.0 Å². The summed E-state index contributed by atoms with van der Waals surface area (Å²) >= 11 is 5.48. The van der Waals surface area contributed by atoms with Crippen LogP contribution in [0.25, 0.3) is 0 Å². The van der Waals surface area contributed by atoms with Crippen molar-refractivity contribution in [1.29, 1.82) is 0 Å². The SMILES string of the molecule is CCOP(=S)(Oc1ccc(C)cc1)Oc1ccc(C)cc1. The van der Waals surface area contributed by atoms with E-state index >= 15 is 0 Å². The molecule has 0 aromatic heterocycles. The molecule has 112 valence electrons. The molecule has 0 fully saturated rings. The van der Waals surface area contributed by atoms with Gasteiger partial charge in [0.05, 0.1) is 6.61 Å². The third-order valence-electron chi connectivity index (χ3n) is 2.76. The van der Waals surface area contributed by atoms with Crippen LogP contribution >= 0.6 is 6.72 Å². The van der Waals surface area contributed by atoms with E-state index in [0.717, 1.165) is 11.1 Å². The fourth-order valence-corrected chi connectivity index (χ4v) is 3.74. The molecule has 3 nitrogen and oxygen atoms in total. The van der Waals surface area contributed by atoms with Crippen molar-refractivity contribution in [2.24, 2.45) is 0 Å². The van der Waals surface area contributed by atoms with Crippen molar-refractivity contribution in [3.8, 4) is 11.5 Å². The second kappa shape index (κ2) is 7.08. The summed E-state index contributed by atoms with van der Waals surface area (Å²) in [5, 5.41) is 0. The maximum Gasteiger partial charge on any atom is 0.434 e. The predicted octanol–water partition coefficient (Wildman–Crippen LogP) is 5.02. The molecule has 0 radical (unpaired) electrons. The molecule has 0 bridgehead atoms. The first kappa shape index (κ1) is 16.0. The fourth-order valence-electron chi connectivity index (χ4n) is 1.69. The lowest BCUT2D eigenvalue weighted by Gasteiger charge is -2.22. The number of rotatable bonds is 6. The number of hydrogen-bond acceptors (Lipinski definition) is 4. The molecule has 0 amide bonds. The summed E-state index contributed by atoms with van der Waals surface area (Å²) in [6.07, 6.45) is 0. The molecular weight excluding hydrogens is 303 g/mol. The van der Waals surface area contributed by atoms with E-state index in [-0.39, 0.29) is 0 Å². The Morgan fingerprint density at radius 2 is 1.19 bits per heavy atom. The first-order valence-corrected chi connectivity index (χ1v) is 9.33. The predicted molar refractivity (Wildman–Crippen MR) is 89.5 cm³/mol. The van der Waals surface area contributed by atoms with Gasteiger partial charge >= 0.3 is 6.72 Å². The second-order valence-electron chi connectivity index (χ2n) is 4.67. The van der Waals surface area contributed by atoms with E-state index in [1.54, 1.807) is 0 Å². The summed E-state index contributed by atoms with van der Waals surface area (Å²) in [7, 11) is 0. The van der Waals surface area contributed by atoms with Gasteiger partial charge in [-0.25, -0.2) is 0 Å². The van der Waals surface area contributed by atoms with Crippen molar-refractivity contribution in [3.05, 3.63) is 59.7 Å². The van der Waals surface area contributed by atoms with E-state index in [9.17, 15) is 0 Å². The van der Waals surface area contributed by atoms with Gasteiger partial charge < -0.3 is 9.05 Å². The van der Waals surface area contributed by atoms with Crippen molar-refractivity contribution in [2.75, 3.05) is 6.61 Å². The minimum absolute atomic E-state index is 0.439. The molecule has 0 atom stereocenters. The maximum atomic E-state index is 5.81. The highest BCUT2D eigenvalue weighted by atomic mass is 32.5. The Hall–Kier alpha value is -1.35. The van der Waals surface area contributed by atoms with Crippen LogP contribution in [0.5, 0.6) is 11.5 Å². The highest BCUT2D eigenvalue weighted by Gasteiger charge is 2.23. The van der Waals surface area contributed by atoms with Gasteiger partial charge in [0, 0.05) is 11.8 Å². The number of benzene rings is 2. The van der Waals surface area contributed by atoms with E-state index in [0.29, 0.717) is 18.1 Å². The van der Waals surface area contributed by atoms with Crippen LogP contribution in [0.15, 0.2) is 48.5 Å². The quantitative estimate of drug-likeness (QED) is 0.698. The molecule has 2 aromatic carbocycles. The van der Waals surface area contributed by atoms with E-state index < -0.39 is 6.72 Å². The van der Waals surface area contributed by atoms with Crippen molar-refractivity contribution in [2.45, 2.75) is 20.8 Å². The molecule has 0 heterocycles. The van der Waals surface area contributed by atoms with Gasteiger partial charge in [0.25, 0.3) is 0 Å². The molecule has 21 heavy (non-hydrogen) atoms. The standard InChI is InChI=1S/C16H19O3PS/c1-4-17-20(21,18-15-9-5-13(2)6-10-15)19-16-11-7-14(3)8-12-16/h5-12H,4H2,1-3H3. The van der Waals surface area contributed by atoms with Crippen LogP contribution in [0.2, 0.25) is 0 Å². The van der Waals surface area contributed by atoms with E-state index in [2.05, 4.69) is 0 Å². The Morgan fingerprint density at radius 1 is 0.810 bits per heavy atom. The van der Waals surface area contributed by atoms with Crippen molar-refractivity contribution in [1.82, 2.24) is 0 Å². The smallest absolute Gasteiger partial charge is 0.416 e. The van der Waals surface area contributed by atoms with Crippen molar-refractivity contribution in [3.63, 3.8) is 0 Å². The van der Waals surface area contributed by atoms with Gasteiger partial charge in [0.1, 0.15) is 11.5 Å². The largest absolute Gasteiger partial charge is 0.434 e. The molecule has 0 saturated heterocycles. The zero-order valence-corrected chi connectivity index (χ0v) is 14.1. The first-order chi connectivity index (χ1) is 10.0. The fraction of sp³-hybridized carbons (Fsp3) is 0.250. The molecule has 0 aliphatic rings. The molecule has 0 aliphatic heterocycles. The lowest BCUT2D eigenvalue weighted by atomic mass is 10.2. The summed E-state index contributed by atoms with van der Waals surface area (Å²) in [6, 6.07) is 15.3.